The van der Waals surface area contributed by atoms with E-state index in [0.717, 1.165) is 23.2 Å². The Kier molecular flexibility index (Phi) is 8.50. The van der Waals surface area contributed by atoms with Crippen LogP contribution in [0.25, 0.3) is 11.1 Å². The summed E-state index contributed by atoms with van der Waals surface area (Å²) in [6.07, 6.45) is 2.08. The lowest BCUT2D eigenvalue weighted by molar-refractivity contribution is -0.134. The summed E-state index contributed by atoms with van der Waals surface area (Å²) in [6.45, 7) is 4.89. The standard InChI is InChI=1S/C35H40N4O7/c1-19(35(43)38-16-21-13-23(18-38)28-7-6-8-31(42)39(28)17-21)36-27-12-10-24-25(15-29(27)41)26(37-20(2)40)11-9-22-14-30(44-3)33(45-4)34(46-5)32(22)24/h6-8,10,12,14-15,19,21,23,26H,9,11,13,16-18H2,1-5H3,(H,36,41)(H,37,40). The van der Waals surface area contributed by atoms with Crippen LogP contribution in [0.2, 0.25) is 0 Å². The van der Waals surface area contributed by atoms with Gasteiger partial charge < -0.3 is 34.3 Å². The zero-order chi connectivity index (χ0) is 32.7. The van der Waals surface area contributed by atoms with Gasteiger partial charge >= 0.3 is 0 Å². The number of carbonyl (C=O) groups excluding carboxylic acids is 2. The SMILES string of the molecule is COc1cc2c(c(OC)c1OC)-c1ccc(NC(C)C(=O)N3CC4CC(C3)c3cccc(=O)n3C4)c(=O)cc1C(NC(C)=O)CC2. The van der Waals surface area contributed by atoms with E-state index in [9.17, 15) is 19.2 Å². The maximum Gasteiger partial charge on any atom is 0.250 e. The molecule has 11 heteroatoms. The molecule has 1 aromatic heterocycles. The lowest BCUT2D eigenvalue weighted by Crippen LogP contribution is -2.52. The molecule has 46 heavy (non-hydrogen) atoms. The Hall–Kier alpha value is -4.80. The molecule has 4 atom stereocenters. The summed E-state index contributed by atoms with van der Waals surface area (Å²) in [7, 11) is 4.66. The molecule has 2 aliphatic heterocycles. The summed E-state index contributed by atoms with van der Waals surface area (Å²) in [5.74, 6) is 1.40. The van der Waals surface area contributed by atoms with Crippen LogP contribution in [0.3, 0.4) is 0 Å². The monoisotopic (exact) mass is 628 g/mol. The van der Waals surface area contributed by atoms with Crippen molar-refractivity contribution in [2.45, 2.75) is 57.7 Å². The average Bonchev–Trinajstić information content (AvgIpc) is 3.28. The molecular formula is C35H40N4O7. The van der Waals surface area contributed by atoms with E-state index < -0.39 is 12.1 Å². The van der Waals surface area contributed by atoms with Crippen LogP contribution in [-0.4, -0.2) is 61.7 Å². The molecule has 4 unspecified atom stereocenters. The maximum absolute atomic E-state index is 13.8. The predicted octanol–water partition coefficient (Wildman–Crippen LogP) is 3.47. The van der Waals surface area contributed by atoms with Gasteiger partial charge in [-0.1, -0.05) is 12.1 Å². The maximum atomic E-state index is 13.8. The fourth-order valence-electron chi connectivity index (χ4n) is 7.47. The molecule has 2 aromatic carbocycles. The third kappa shape index (κ3) is 5.59. The minimum absolute atomic E-state index is 0.00102. The van der Waals surface area contributed by atoms with Crippen molar-refractivity contribution < 1.29 is 23.8 Å². The first-order valence-corrected chi connectivity index (χ1v) is 15.7. The van der Waals surface area contributed by atoms with Crippen molar-refractivity contribution in [3.8, 4) is 28.4 Å². The summed E-state index contributed by atoms with van der Waals surface area (Å²) >= 11 is 0. The van der Waals surface area contributed by atoms with Crippen LogP contribution < -0.4 is 35.8 Å². The van der Waals surface area contributed by atoms with E-state index in [-0.39, 0.29) is 40.3 Å². The predicted molar refractivity (Wildman–Crippen MR) is 174 cm³/mol. The van der Waals surface area contributed by atoms with Crippen molar-refractivity contribution in [2.24, 2.45) is 5.92 Å². The molecule has 6 rings (SSSR count). The number of hydrogen-bond donors (Lipinski definition) is 2. The zero-order valence-corrected chi connectivity index (χ0v) is 26.8. The molecule has 1 fully saturated rings. The first-order valence-electron chi connectivity index (χ1n) is 15.7. The Morgan fingerprint density at radius 3 is 2.46 bits per heavy atom. The number of piperidine rings is 1. The number of ether oxygens (including phenoxy) is 3. The minimum atomic E-state index is -0.677. The molecule has 1 saturated heterocycles. The highest BCUT2D eigenvalue weighted by atomic mass is 16.5. The molecular weight excluding hydrogens is 588 g/mol. The second kappa shape index (κ2) is 12.5. The molecule has 0 radical (unpaired) electrons. The molecule has 1 aliphatic carbocycles. The van der Waals surface area contributed by atoms with Crippen LogP contribution in [-0.2, 0) is 22.6 Å². The number of benzene rings is 1. The van der Waals surface area contributed by atoms with Gasteiger partial charge in [-0.3, -0.25) is 19.2 Å². The summed E-state index contributed by atoms with van der Waals surface area (Å²) in [5.41, 5.74) is 3.99. The first-order chi connectivity index (χ1) is 22.1. The van der Waals surface area contributed by atoms with E-state index >= 15 is 0 Å². The number of anilines is 1. The number of nitrogens with zero attached hydrogens (tertiary/aromatic N) is 2. The van der Waals surface area contributed by atoms with Crippen LogP contribution in [0, 0.1) is 5.92 Å². The van der Waals surface area contributed by atoms with Gasteiger partial charge in [0.1, 0.15) is 6.04 Å². The summed E-state index contributed by atoms with van der Waals surface area (Å²) in [4.78, 5) is 54.1. The molecule has 3 aromatic rings. The number of carbonyl (C=O) groups is 2. The fraction of sp³-hybridized carbons (Fsp3) is 0.429. The number of aryl methyl sites for hydroxylation is 1. The van der Waals surface area contributed by atoms with Gasteiger partial charge in [0.15, 0.2) is 11.5 Å². The molecule has 2 N–H and O–H groups in total. The first kappa shape index (κ1) is 31.2. The second-order valence-corrected chi connectivity index (χ2v) is 12.4. The van der Waals surface area contributed by atoms with Crippen molar-refractivity contribution >= 4 is 17.5 Å². The van der Waals surface area contributed by atoms with E-state index in [1.54, 1.807) is 52.5 Å². The van der Waals surface area contributed by atoms with Gasteiger partial charge in [-0.05, 0) is 73.1 Å². The largest absolute Gasteiger partial charge is 0.493 e. The molecule has 2 bridgehead atoms. The van der Waals surface area contributed by atoms with E-state index in [4.69, 9.17) is 14.2 Å². The number of fused-ring (bicyclic) bond motifs is 7. The van der Waals surface area contributed by atoms with Crippen LogP contribution in [0.1, 0.15) is 55.5 Å². The highest BCUT2D eigenvalue weighted by Crippen LogP contribution is 2.50. The van der Waals surface area contributed by atoms with Crippen molar-refractivity contribution in [3.05, 3.63) is 79.9 Å². The van der Waals surface area contributed by atoms with Gasteiger partial charge in [0.25, 0.3) is 5.56 Å². The molecule has 242 valence electrons. The quantitative estimate of drug-likeness (QED) is 0.407. The second-order valence-electron chi connectivity index (χ2n) is 12.4. The molecule has 3 heterocycles. The fourth-order valence-corrected chi connectivity index (χ4v) is 7.47. The Morgan fingerprint density at radius 1 is 0.957 bits per heavy atom. The minimum Gasteiger partial charge on any atom is -0.493 e. The van der Waals surface area contributed by atoms with Crippen molar-refractivity contribution in [3.63, 3.8) is 0 Å². The molecule has 3 aliphatic rings. The molecule has 0 spiro atoms. The Morgan fingerprint density at radius 2 is 1.74 bits per heavy atom. The third-order valence-corrected chi connectivity index (χ3v) is 9.45. The van der Waals surface area contributed by atoms with Crippen LogP contribution in [0.5, 0.6) is 17.2 Å². The third-order valence-electron chi connectivity index (χ3n) is 9.45. The van der Waals surface area contributed by atoms with E-state index in [1.807, 2.05) is 27.7 Å². The Balaban J connectivity index is 1.35. The van der Waals surface area contributed by atoms with Crippen LogP contribution in [0.15, 0.2) is 52.1 Å². The summed E-state index contributed by atoms with van der Waals surface area (Å²) in [5, 5.41) is 6.20. The topological polar surface area (TPSA) is 128 Å². The summed E-state index contributed by atoms with van der Waals surface area (Å²) in [6, 6.07) is 11.2. The molecule has 0 saturated carbocycles. The molecule has 2 amide bonds. The van der Waals surface area contributed by atoms with Crippen LogP contribution >= 0.6 is 0 Å². The highest BCUT2D eigenvalue weighted by Gasteiger charge is 2.37. The normalized spacial score (nSPS) is 20.2. The van der Waals surface area contributed by atoms with Crippen molar-refractivity contribution in [2.75, 3.05) is 39.7 Å². The van der Waals surface area contributed by atoms with Crippen molar-refractivity contribution in [1.29, 1.82) is 0 Å². The molecule has 11 nitrogen and oxygen atoms in total. The van der Waals surface area contributed by atoms with Gasteiger partial charge in [0.05, 0.1) is 33.1 Å². The van der Waals surface area contributed by atoms with Gasteiger partial charge in [0, 0.05) is 49.8 Å². The van der Waals surface area contributed by atoms with Gasteiger partial charge in [-0.15, -0.1) is 0 Å². The smallest absolute Gasteiger partial charge is 0.250 e. The summed E-state index contributed by atoms with van der Waals surface area (Å²) < 4.78 is 19.0. The highest BCUT2D eigenvalue weighted by molar-refractivity contribution is 5.86. The Bertz CT molecular complexity index is 1820. The zero-order valence-electron chi connectivity index (χ0n) is 26.8. The number of likely N-dealkylation sites (tertiary alicyclic amines) is 1. The number of amides is 2. The number of nitrogens with one attached hydrogen (secondary N) is 2. The van der Waals surface area contributed by atoms with Gasteiger partial charge in [-0.2, -0.15) is 0 Å². The van der Waals surface area contributed by atoms with Crippen molar-refractivity contribution in [1.82, 2.24) is 14.8 Å². The number of aromatic nitrogens is 1. The van der Waals surface area contributed by atoms with Gasteiger partial charge in [-0.25, -0.2) is 0 Å². The number of pyridine rings is 1. The number of hydrogen-bond acceptors (Lipinski definition) is 8. The van der Waals surface area contributed by atoms with E-state index in [2.05, 4.69) is 10.6 Å². The number of methoxy groups -OCH3 is 3. The van der Waals surface area contributed by atoms with Crippen LogP contribution in [0.4, 0.5) is 5.69 Å². The Labute approximate surface area is 267 Å². The van der Waals surface area contributed by atoms with E-state index in [0.29, 0.717) is 60.9 Å². The lowest BCUT2D eigenvalue weighted by Gasteiger charge is -2.43. The number of rotatable bonds is 7. The van der Waals surface area contributed by atoms with E-state index in [1.165, 1.54) is 6.92 Å². The lowest BCUT2D eigenvalue weighted by atomic mass is 9.83. The van der Waals surface area contributed by atoms with Gasteiger partial charge in [0.2, 0.25) is 23.0 Å². The average molecular weight is 629 g/mol.